The van der Waals surface area contributed by atoms with Crippen molar-refractivity contribution >= 4 is 29.2 Å². The Balaban J connectivity index is 2.33. The molecule has 28 heavy (non-hydrogen) atoms. The molecule has 1 atom stereocenters. The summed E-state index contributed by atoms with van der Waals surface area (Å²) in [5.41, 5.74) is 1.33. The summed E-state index contributed by atoms with van der Waals surface area (Å²) in [6.45, 7) is 7.89. The van der Waals surface area contributed by atoms with Crippen LogP contribution in [0.4, 0.5) is 5.69 Å². The van der Waals surface area contributed by atoms with Gasteiger partial charge in [0.05, 0.1) is 21.8 Å². The molecule has 1 N–H and O–H groups in total. The molecule has 150 valence electrons. The van der Waals surface area contributed by atoms with Gasteiger partial charge in [-0.2, -0.15) is 0 Å². The van der Waals surface area contributed by atoms with Crippen LogP contribution in [0.25, 0.3) is 0 Å². The van der Waals surface area contributed by atoms with E-state index >= 15 is 0 Å². The van der Waals surface area contributed by atoms with Gasteiger partial charge in [-0.1, -0.05) is 42.8 Å². The van der Waals surface area contributed by atoms with Crippen LogP contribution in [0.15, 0.2) is 42.5 Å². The third-order valence-electron chi connectivity index (χ3n) is 4.27. The maximum Gasteiger partial charge on any atom is 0.340 e. The summed E-state index contributed by atoms with van der Waals surface area (Å²) in [6, 6.07) is 12.2. The highest BCUT2D eigenvalue weighted by atomic mass is 35.5. The van der Waals surface area contributed by atoms with E-state index in [1.54, 1.807) is 36.4 Å². The van der Waals surface area contributed by atoms with E-state index in [2.05, 4.69) is 0 Å². The lowest BCUT2D eigenvalue weighted by atomic mass is 9.94. The Hall–Kier alpha value is -2.53. The van der Waals surface area contributed by atoms with E-state index in [1.165, 1.54) is 0 Å². The number of aromatic carboxylic acids is 1. The van der Waals surface area contributed by atoms with Crippen LogP contribution in [0.1, 0.15) is 59.9 Å². The largest absolute Gasteiger partial charge is 0.478 e. The smallest absolute Gasteiger partial charge is 0.340 e. The fourth-order valence-corrected chi connectivity index (χ4v) is 3.35. The average Bonchev–Trinajstić information content (AvgIpc) is 2.59. The van der Waals surface area contributed by atoms with Gasteiger partial charge in [0.15, 0.2) is 0 Å². The number of hydrogen-bond acceptors (Lipinski definition) is 4. The number of hydrogen-bond donors (Lipinski definition) is 1. The van der Waals surface area contributed by atoms with E-state index in [1.807, 2.05) is 45.7 Å². The summed E-state index contributed by atoms with van der Waals surface area (Å²) >= 11 is 6.33. The van der Waals surface area contributed by atoms with Gasteiger partial charge in [0.25, 0.3) is 0 Å². The topological polar surface area (TPSA) is 66.8 Å². The Morgan fingerprint density at radius 3 is 2.39 bits per heavy atom. The Labute approximate surface area is 170 Å². The van der Waals surface area contributed by atoms with E-state index in [0.29, 0.717) is 22.8 Å². The Kier molecular flexibility index (Phi) is 6.73. The fraction of sp³-hybridized carbons (Fsp3) is 0.364. The highest BCUT2D eigenvalue weighted by Crippen LogP contribution is 2.30. The van der Waals surface area contributed by atoms with Crippen LogP contribution < -0.4 is 4.90 Å². The minimum Gasteiger partial charge on any atom is -0.478 e. The first-order valence-electron chi connectivity index (χ1n) is 9.06. The second kappa shape index (κ2) is 8.65. The maximum absolute atomic E-state index is 12.7. The van der Waals surface area contributed by atoms with E-state index < -0.39 is 17.5 Å². The number of likely N-dealkylation sites (N-methyl/N-ethyl adjacent to an activating group) is 1. The maximum atomic E-state index is 12.7. The number of carboxylic acids is 1. The van der Waals surface area contributed by atoms with Crippen LogP contribution >= 0.6 is 11.6 Å². The Bertz CT molecular complexity index is 873. The quantitative estimate of drug-likeness (QED) is 0.668. The molecule has 0 aliphatic carbocycles. The molecule has 5 nitrogen and oxygen atoms in total. The highest BCUT2D eigenvalue weighted by Gasteiger charge is 2.25. The molecule has 6 heteroatoms. The van der Waals surface area contributed by atoms with Gasteiger partial charge < -0.3 is 14.7 Å². The third kappa shape index (κ3) is 5.26. The zero-order chi connectivity index (χ0) is 21.1. The average molecular weight is 404 g/mol. The number of ether oxygens (including phenoxy) is 1. The molecule has 2 aromatic carbocycles. The third-order valence-corrected chi connectivity index (χ3v) is 4.59. The standard InChI is InChI=1S/C22H26ClNO4/c1-14(13-24(5)18-12-7-6-9-16(18)20(25)26)15-10-8-11-17(23)19(15)21(27)28-22(2,3)4/h6-12,14H,13H2,1-5H3,(H,25,26). The van der Waals surface area contributed by atoms with Crippen molar-refractivity contribution < 1.29 is 19.4 Å². The van der Waals surface area contributed by atoms with Crippen molar-refractivity contribution in [2.24, 2.45) is 0 Å². The van der Waals surface area contributed by atoms with Gasteiger partial charge in [-0.25, -0.2) is 9.59 Å². The summed E-state index contributed by atoms with van der Waals surface area (Å²) in [5, 5.41) is 9.76. The lowest BCUT2D eigenvalue weighted by molar-refractivity contribution is 0.00679. The van der Waals surface area contributed by atoms with Crippen LogP contribution in [-0.2, 0) is 4.74 Å². The number of nitrogens with zero attached hydrogens (tertiary/aromatic N) is 1. The lowest BCUT2D eigenvalue weighted by Crippen LogP contribution is -2.28. The lowest BCUT2D eigenvalue weighted by Gasteiger charge is -2.27. The number of carbonyl (C=O) groups is 2. The van der Waals surface area contributed by atoms with Gasteiger partial charge in [-0.05, 0) is 50.5 Å². The zero-order valence-electron chi connectivity index (χ0n) is 16.8. The van der Waals surface area contributed by atoms with Crippen LogP contribution in [0.5, 0.6) is 0 Å². The molecule has 0 saturated heterocycles. The van der Waals surface area contributed by atoms with Crippen molar-refractivity contribution in [3.8, 4) is 0 Å². The normalized spacial score (nSPS) is 12.4. The molecule has 0 aromatic heterocycles. The number of carboxylic acid groups (broad SMARTS) is 1. The van der Waals surface area contributed by atoms with Crippen LogP contribution in [0.3, 0.4) is 0 Å². The van der Waals surface area contributed by atoms with Gasteiger partial charge in [0, 0.05) is 13.6 Å². The summed E-state index contributed by atoms with van der Waals surface area (Å²) < 4.78 is 5.52. The van der Waals surface area contributed by atoms with Crippen molar-refractivity contribution in [3.05, 3.63) is 64.2 Å². The first kappa shape index (κ1) is 21.8. The SMILES string of the molecule is CC(CN(C)c1ccccc1C(=O)O)c1cccc(Cl)c1C(=O)OC(C)(C)C. The first-order valence-corrected chi connectivity index (χ1v) is 9.44. The number of benzene rings is 2. The van der Waals surface area contributed by atoms with Gasteiger partial charge in [0.2, 0.25) is 0 Å². The first-order chi connectivity index (χ1) is 13.0. The molecule has 2 rings (SSSR count). The van der Waals surface area contributed by atoms with Crippen LogP contribution in [-0.4, -0.2) is 36.2 Å². The molecular weight excluding hydrogens is 378 g/mol. The fourth-order valence-electron chi connectivity index (χ4n) is 3.09. The van der Waals surface area contributed by atoms with Gasteiger partial charge in [-0.3, -0.25) is 0 Å². The molecule has 0 radical (unpaired) electrons. The Morgan fingerprint density at radius 2 is 1.79 bits per heavy atom. The molecule has 1 unspecified atom stereocenters. The summed E-state index contributed by atoms with van der Waals surface area (Å²) in [7, 11) is 1.83. The van der Waals surface area contributed by atoms with Crippen molar-refractivity contribution in [2.45, 2.75) is 39.2 Å². The van der Waals surface area contributed by atoms with E-state index in [-0.39, 0.29) is 11.5 Å². The van der Waals surface area contributed by atoms with Crippen molar-refractivity contribution in [1.82, 2.24) is 0 Å². The number of esters is 1. The Morgan fingerprint density at radius 1 is 1.14 bits per heavy atom. The van der Waals surface area contributed by atoms with Crippen LogP contribution in [0, 0.1) is 0 Å². The van der Waals surface area contributed by atoms with E-state index in [4.69, 9.17) is 16.3 Å². The molecule has 2 aromatic rings. The molecule has 0 amide bonds. The zero-order valence-corrected chi connectivity index (χ0v) is 17.6. The molecule has 0 bridgehead atoms. The van der Waals surface area contributed by atoms with Crippen molar-refractivity contribution in [1.29, 1.82) is 0 Å². The molecule has 0 fully saturated rings. The van der Waals surface area contributed by atoms with Crippen LogP contribution in [0.2, 0.25) is 5.02 Å². The predicted octanol–water partition coefficient (Wildman–Crippen LogP) is 5.23. The molecule has 0 heterocycles. The van der Waals surface area contributed by atoms with Crippen molar-refractivity contribution in [3.63, 3.8) is 0 Å². The number of halogens is 1. The number of rotatable bonds is 6. The summed E-state index contributed by atoms with van der Waals surface area (Å²) in [4.78, 5) is 26.1. The minimum atomic E-state index is -0.979. The molecular formula is C22H26ClNO4. The van der Waals surface area contributed by atoms with Gasteiger partial charge in [-0.15, -0.1) is 0 Å². The van der Waals surface area contributed by atoms with Crippen molar-refractivity contribution in [2.75, 3.05) is 18.5 Å². The highest BCUT2D eigenvalue weighted by molar-refractivity contribution is 6.33. The predicted molar refractivity (Wildman–Crippen MR) is 112 cm³/mol. The molecule has 0 aliphatic rings. The monoisotopic (exact) mass is 403 g/mol. The number of para-hydroxylation sites is 1. The minimum absolute atomic E-state index is 0.0898. The van der Waals surface area contributed by atoms with E-state index in [9.17, 15) is 14.7 Å². The summed E-state index contributed by atoms with van der Waals surface area (Å²) in [5.74, 6) is -1.53. The van der Waals surface area contributed by atoms with Gasteiger partial charge in [0.1, 0.15) is 5.60 Å². The second-order valence-corrected chi connectivity index (χ2v) is 8.22. The van der Waals surface area contributed by atoms with Gasteiger partial charge >= 0.3 is 11.9 Å². The number of anilines is 1. The summed E-state index contributed by atoms with van der Waals surface area (Å²) in [6.07, 6.45) is 0. The number of carbonyl (C=O) groups excluding carboxylic acids is 1. The molecule has 0 aliphatic heterocycles. The molecule has 0 saturated carbocycles. The second-order valence-electron chi connectivity index (χ2n) is 7.81. The molecule has 0 spiro atoms. The van der Waals surface area contributed by atoms with E-state index in [0.717, 1.165) is 5.56 Å².